The van der Waals surface area contributed by atoms with Gasteiger partial charge >= 0.3 is 0 Å². The monoisotopic (exact) mass is 304 g/mol. The van der Waals surface area contributed by atoms with E-state index in [2.05, 4.69) is 5.32 Å². The normalized spacial score (nSPS) is 13.2. The summed E-state index contributed by atoms with van der Waals surface area (Å²) in [7, 11) is 1.52. The lowest BCUT2D eigenvalue weighted by atomic mass is 10.1. The summed E-state index contributed by atoms with van der Waals surface area (Å²) in [5.41, 5.74) is 6.78. The molecule has 114 valence electrons. The van der Waals surface area contributed by atoms with Gasteiger partial charge in [-0.25, -0.2) is 4.39 Å². The third-order valence-corrected chi connectivity index (χ3v) is 3.08. The second-order valence-electron chi connectivity index (χ2n) is 4.60. The molecule has 2 unspecified atom stereocenters. The van der Waals surface area contributed by atoms with E-state index in [1.165, 1.54) is 13.2 Å². The SMILES string of the molecule is COC(CN)CC(=O)NC(C)c1ccc(C)c(F)c1.Cl. The van der Waals surface area contributed by atoms with Crippen molar-refractivity contribution in [2.75, 3.05) is 13.7 Å². The van der Waals surface area contributed by atoms with Crippen molar-refractivity contribution in [1.29, 1.82) is 0 Å². The van der Waals surface area contributed by atoms with E-state index in [1.807, 2.05) is 6.92 Å². The zero-order chi connectivity index (χ0) is 14.4. The van der Waals surface area contributed by atoms with Crippen LogP contribution in [0.3, 0.4) is 0 Å². The summed E-state index contributed by atoms with van der Waals surface area (Å²) in [4.78, 5) is 11.8. The van der Waals surface area contributed by atoms with Gasteiger partial charge in [0.15, 0.2) is 0 Å². The predicted octanol–water partition coefficient (Wildman–Crippen LogP) is 2.10. The lowest BCUT2D eigenvalue weighted by molar-refractivity contribution is -0.124. The highest BCUT2D eigenvalue weighted by atomic mass is 35.5. The van der Waals surface area contributed by atoms with Crippen molar-refractivity contribution in [3.63, 3.8) is 0 Å². The van der Waals surface area contributed by atoms with Gasteiger partial charge in [-0.3, -0.25) is 4.79 Å². The molecule has 0 spiro atoms. The molecule has 2 atom stereocenters. The summed E-state index contributed by atoms with van der Waals surface area (Å²) in [6.45, 7) is 3.80. The molecule has 4 nitrogen and oxygen atoms in total. The van der Waals surface area contributed by atoms with Crippen LogP contribution in [0.1, 0.15) is 30.5 Å². The Morgan fingerprint density at radius 3 is 2.65 bits per heavy atom. The first-order chi connectivity index (χ1) is 8.97. The molecule has 0 aliphatic heterocycles. The number of hydrogen-bond donors (Lipinski definition) is 2. The van der Waals surface area contributed by atoms with E-state index in [9.17, 15) is 9.18 Å². The fourth-order valence-electron chi connectivity index (χ4n) is 1.73. The largest absolute Gasteiger partial charge is 0.380 e. The third-order valence-electron chi connectivity index (χ3n) is 3.08. The molecule has 1 rings (SSSR count). The van der Waals surface area contributed by atoms with Gasteiger partial charge in [0.2, 0.25) is 5.91 Å². The first kappa shape index (κ1) is 18.8. The maximum absolute atomic E-state index is 13.4. The number of rotatable bonds is 6. The molecule has 6 heteroatoms. The molecule has 1 amide bonds. The summed E-state index contributed by atoms with van der Waals surface area (Å²) in [6.07, 6.45) is -0.0898. The summed E-state index contributed by atoms with van der Waals surface area (Å²) < 4.78 is 18.5. The van der Waals surface area contributed by atoms with Gasteiger partial charge < -0.3 is 15.8 Å². The Morgan fingerprint density at radius 2 is 2.15 bits per heavy atom. The molecular weight excluding hydrogens is 283 g/mol. The van der Waals surface area contributed by atoms with Crippen LogP contribution in [0.2, 0.25) is 0 Å². The van der Waals surface area contributed by atoms with E-state index in [4.69, 9.17) is 10.5 Å². The quantitative estimate of drug-likeness (QED) is 0.846. The zero-order valence-corrected chi connectivity index (χ0v) is 12.8. The number of aryl methyl sites for hydroxylation is 1. The number of hydrogen-bond acceptors (Lipinski definition) is 3. The van der Waals surface area contributed by atoms with Crippen molar-refractivity contribution >= 4 is 18.3 Å². The Morgan fingerprint density at radius 1 is 1.50 bits per heavy atom. The van der Waals surface area contributed by atoms with E-state index in [0.29, 0.717) is 5.56 Å². The van der Waals surface area contributed by atoms with Crippen LogP contribution in [0.15, 0.2) is 18.2 Å². The van der Waals surface area contributed by atoms with Crippen molar-refractivity contribution in [1.82, 2.24) is 5.32 Å². The van der Waals surface area contributed by atoms with Crippen LogP contribution >= 0.6 is 12.4 Å². The van der Waals surface area contributed by atoms with Gasteiger partial charge in [0.05, 0.1) is 18.6 Å². The van der Waals surface area contributed by atoms with E-state index in [-0.39, 0.29) is 49.2 Å². The Labute approximate surface area is 125 Å². The summed E-state index contributed by atoms with van der Waals surface area (Å²) >= 11 is 0. The summed E-state index contributed by atoms with van der Waals surface area (Å²) in [5, 5.41) is 2.80. The van der Waals surface area contributed by atoms with Gasteiger partial charge in [0.1, 0.15) is 5.82 Å². The molecule has 0 radical (unpaired) electrons. The van der Waals surface area contributed by atoms with E-state index < -0.39 is 0 Å². The minimum Gasteiger partial charge on any atom is -0.380 e. The molecule has 3 N–H and O–H groups in total. The molecule has 1 aromatic carbocycles. The standard InChI is InChI=1S/C14H21FN2O2.ClH/c1-9-4-5-11(6-13(9)15)10(2)17-14(18)7-12(8-16)19-3;/h4-6,10,12H,7-8,16H2,1-3H3,(H,17,18);1H. The van der Waals surface area contributed by atoms with E-state index in [1.54, 1.807) is 19.1 Å². The number of halogens is 2. The number of amides is 1. The van der Waals surface area contributed by atoms with Gasteiger partial charge in [0, 0.05) is 13.7 Å². The Balaban J connectivity index is 0.00000361. The van der Waals surface area contributed by atoms with Crippen molar-refractivity contribution in [3.05, 3.63) is 35.1 Å². The third kappa shape index (κ3) is 5.45. The van der Waals surface area contributed by atoms with Crippen molar-refractivity contribution in [2.45, 2.75) is 32.4 Å². The topological polar surface area (TPSA) is 64.3 Å². The minimum atomic E-state index is -0.290. The average Bonchev–Trinajstić information content (AvgIpc) is 2.38. The first-order valence-corrected chi connectivity index (χ1v) is 6.26. The van der Waals surface area contributed by atoms with Crippen molar-refractivity contribution in [3.8, 4) is 0 Å². The first-order valence-electron chi connectivity index (χ1n) is 6.26. The highest BCUT2D eigenvalue weighted by molar-refractivity contribution is 5.85. The fourth-order valence-corrected chi connectivity index (χ4v) is 1.73. The molecule has 0 saturated carbocycles. The maximum Gasteiger partial charge on any atom is 0.223 e. The fraction of sp³-hybridized carbons (Fsp3) is 0.500. The van der Waals surface area contributed by atoms with E-state index >= 15 is 0 Å². The van der Waals surface area contributed by atoms with Gasteiger partial charge in [-0.15, -0.1) is 12.4 Å². The molecule has 0 bridgehead atoms. The highest BCUT2D eigenvalue weighted by Crippen LogP contribution is 2.16. The van der Waals surface area contributed by atoms with Crippen LogP contribution in [0.5, 0.6) is 0 Å². The zero-order valence-electron chi connectivity index (χ0n) is 12.0. The van der Waals surface area contributed by atoms with E-state index in [0.717, 1.165) is 5.56 Å². The molecule has 0 fully saturated rings. The van der Waals surface area contributed by atoms with Gasteiger partial charge in [-0.2, -0.15) is 0 Å². The van der Waals surface area contributed by atoms with Gasteiger partial charge in [-0.1, -0.05) is 12.1 Å². The number of carbonyl (C=O) groups excluding carboxylic acids is 1. The van der Waals surface area contributed by atoms with Crippen LogP contribution < -0.4 is 11.1 Å². The molecule has 0 aliphatic carbocycles. The molecular formula is C14H22ClFN2O2. The Kier molecular flexibility index (Phi) is 8.37. The molecule has 20 heavy (non-hydrogen) atoms. The number of carbonyl (C=O) groups is 1. The van der Waals surface area contributed by atoms with Crippen LogP contribution in [0.25, 0.3) is 0 Å². The van der Waals surface area contributed by atoms with Crippen molar-refractivity contribution < 1.29 is 13.9 Å². The smallest absolute Gasteiger partial charge is 0.223 e. The van der Waals surface area contributed by atoms with Crippen LogP contribution in [0, 0.1) is 12.7 Å². The second-order valence-corrected chi connectivity index (χ2v) is 4.60. The minimum absolute atomic E-state index is 0. The second kappa shape index (κ2) is 8.89. The number of nitrogens with one attached hydrogen (secondary N) is 1. The number of nitrogens with two attached hydrogens (primary N) is 1. The van der Waals surface area contributed by atoms with Gasteiger partial charge in [-0.05, 0) is 31.0 Å². The van der Waals surface area contributed by atoms with Crippen LogP contribution in [0.4, 0.5) is 4.39 Å². The van der Waals surface area contributed by atoms with Crippen LogP contribution in [-0.2, 0) is 9.53 Å². The molecule has 0 heterocycles. The lowest BCUT2D eigenvalue weighted by Gasteiger charge is -2.17. The summed E-state index contributed by atoms with van der Waals surface area (Å²) in [6, 6.07) is 4.69. The lowest BCUT2D eigenvalue weighted by Crippen LogP contribution is -2.33. The maximum atomic E-state index is 13.4. The van der Waals surface area contributed by atoms with Gasteiger partial charge in [0.25, 0.3) is 0 Å². The van der Waals surface area contributed by atoms with Crippen LogP contribution in [-0.4, -0.2) is 25.7 Å². The molecule has 0 saturated heterocycles. The number of methoxy groups -OCH3 is 1. The molecule has 0 aromatic heterocycles. The highest BCUT2D eigenvalue weighted by Gasteiger charge is 2.15. The Bertz CT molecular complexity index is 439. The van der Waals surface area contributed by atoms with Crippen molar-refractivity contribution in [2.24, 2.45) is 5.73 Å². The Hall–Kier alpha value is -1.17. The summed E-state index contributed by atoms with van der Waals surface area (Å²) in [5.74, 6) is -0.430. The average molecular weight is 305 g/mol. The number of ether oxygens (including phenoxy) is 1. The molecule has 0 aliphatic rings. The molecule has 1 aromatic rings. The number of benzene rings is 1. The predicted molar refractivity (Wildman–Crippen MR) is 79.4 cm³/mol.